The lowest BCUT2D eigenvalue weighted by molar-refractivity contribution is 0.599. The van der Waals surface area contributed by atoms with Crippen LogP contribution in [0.5, 0.6) is 0 Å². The summed E-state index contributed by atoms with van der Waals surface area (Å²) >= 11 is 6.49. The zero-order chi connectivity index (χ0) is 15.0. The number of benzene rings is 1. The quantitative estimate of drug-likeness (QED) is 0.747. The second-order valence-corrected chi connectivity index (χ2v) is 5.48. The van der Waals surface area contributed by atoms with Crippen molar-refractivity contribution < 1.29 is 0 Å². The van der Waals surface area contributed by atoms with E-state index in [4.69, 9.17) is 17.3 Å². The fraction of sp³-hybridized carbons (Fsp3) is 0.312. The van der Waals surface area contributed by atoms with E-state index in [0.29, 0.717) is 6.54 Å². The van der Waals surface area contributed by atoms with Crippen molar-refractivity contribution in [2.24, 2.45) is 0 Å². The van der Waals surface area contributed by atoms with Gasteiger partial charge in [0.05, 0.1) is 28.5 Å². The summed E-state index contributed by atoms with van der Waals surface area (Å²) in [5, 5.41) is 6.43. The lowest BCUT2D eigenvalue weighted by Crippen LogP contribution is -2.07. The number of anilines is 1. The number of rotatable bonds is 4. The first-order chi connectivity index (χ1) is 10.2. The van der Waals surface area contributed by atoms with Gasteiger partial charge in [-0.3, -0.25) is 4.68 Å². The van der Waals surface area contributed by atoms with Crippen molar-refractivity contribution >= 4 is 28.2 Å². The highest BCUT2D eigenvalue weighted by atomic mass is 35.5. The van der Waals surface area contributed by atoms with Crippen LogP contribution < -0.4 is 5.73 Å². The average molecular weight is 303 g/mol. The van der Waals surface area contributed by atoms with Crippen LogP contribution in [-0.4, -0.2) is 14.3 Å². The molecule has 1 aromatic carbocycles. The molecule has 4 nitrogen and oxygen atoms in total. The molecule has 0 amide bonds. The van der Waals surface area contributed by atoms with Gasteiger partial charge in [0.25, 0.3) is 0 Å². The van der Waals surface area contributed by atoms with E-state index in [1.807, 2.05) is 22.9 Å². The van der Waals surface area contributed by atoms with Crippen LogP contribution in [0, 0.1) is 0 Å². The fourth-order valence-electron chi connectivity index (χ4n) is 2.71. The van der Waals surface area contributed by atoms with E-state index in [9.17, 15) is 0 Å². The molecule has 0 aliphatic carbocycles. The molecule has 110 valence electrons. The van der Waals surface area contributed by atoms with Crippen molar-refractivity contribution in [2.75, 3.05) is 5.73 Å². The Kier molecular flexibility index (Phi) is 3.64. The van der Waals surface area contributed by atoms with Crippen LogP contribution in [0.4, 0.5) is 5.69 Å². The standard InChI is InChI=1S/C16H19ClN4/c1-3-13-16(17)15(21(4-2)19-13)10-20-9-8-11-12(18)6-5-7-14(11)20/h5-9H,3-4,10,18H2,1-2H3. The van der Waals surface area contributed by atoms with Crippen molar-refractivity contribution in [2.45, 2.75) is 33.4 Å². The summed E-state index contributed by atoms with van der Waals surface area (Å²) in [5.74, 6) is 0. The van der Waals surface area contributed by atoms with Gasteiger partial charge in [-0.25, -0.2) is 0 Å². The topological polar surface area (TPSA) is 48.8 Å². The highest BCUT2D eigenvalue weighted by Crippen LogP contribution is 2.26. The van der Waals surface area contributed by atoms with E-state index in [1.165, 1.54) is 0 Å². The molecule has 0 atom stereocenters. The van der Waals surface area contributed by atoms with Gasteiger partial charge < -0.3 is 10.3 Å². The third-order valence-electron chi connectivity index (χ3n) is 3.86. The van der Waals surface area contributed by atoms with Crippen LogP contribution >= 0.6 is 11.6 Å². The SMILES string of the molecule is CCc1nn(CC)c(Cn2ccc3c(N)cccc32)c1Cl. The maximum atomic E-state index is 6.49. The predicted octanol–water partition coefficient (Wildman–Crippen LogP) is 3.70. The molecule has 0 unspecified atom stereocenters. The van der Waals surface area contributed by atoms with E-state index >= 15 is 0 Å². The molecule has 0 aliphatic heterocycles. The summed E-state index contributed by atoms with van der Waals surface area (Å²) in [4.78, 5) is 0. The predicted molar refractivity (Wildman–Crippen MR) is 87.7 cm³/mol. The van der Waals surface area contributed by atoms with E-state index in [0.717, 1.165) is 46.0 Å². The molecular formula is C16H19ClN4. The molecule has 2 heterocycles. The minimum atomic E-state index is 0.701. The monoisotopic (exact) mass is 302 g/mol. The summed E-state index contributed by atoms with van der Waals surface area (Å²) in [6.07, 6.45) is 2.90. The molecule has 0 saturated carbocycles. The van der Waals surface area contributed by atoms with Gasteiger partial charge in [-0.1, -0.05) is 24.6 Å². The molecule has 0 saturated heterocycles. The number of hydrogen-bond donors (Lipinski definition) is 1. The average Bonchev–Trinajstić information content (AvgIpc) is 3.03. The van der Waals surface area contributed by atoms with Crippen LogP contribution in [0.25, 0.3) is 10.9 Å². The van der Waals surface area contributed by atoms with Gasteiger partial charge in [-0.15, -0.1) is 0 Å². The van der Waals surface area contributed by atoms with E-state index in [2.05, 4.69) is 35.8 Å². The number of aromatic nitrogens is 3. The Bertz CT molecular complexity index is 785. The van der Waals surface area contributed by atoms with Crippen LogP contribution in [0.3, 0.4) is 0 Å². The smallest absolute Gasteiger partial charge is 0.0868 e. The number of halogens is 1. The first-order valence-electron chi connectivity index (χ1n) is 7.23. The molecule has 3 rings (SSSR count). The molecule has 5 heteroatoms. The van der Waals surface area contributed by atoms with Gasteiger partial charge in [0.15, 0.2) is 0 Å². The van der Waals surface area contributed by atoms with Gasteiger partial charge in [0.2, 0.25) is 0 Å². The Labute approximate surface area is 129 Å². The third-order valence-corrected chi connectivity index (χ3v) is 4.30. The molecule has 2 N–H and O–H groups in total. The summed E-state index contributed by atoms with van der Waals surface area (Å²) in [7, 11) is 0. The Morgan fingerprint density at radius 3 is 2.76 bits per heavy atom. The van der Waals surface area contributed by atoms with E-state index < -0.39 is 0 Å². The number of nitrogens with zero attached hydrogens (tertiary/aromatic N) is 3. The van der Waals surface area contributed by atoms with Crippen molar-refractivity contribution in [3.05, 3.63) is 46.9 Å². The highest BCUT2D eigenvalue weighted by Gasteiger charge is 2.15. The molecular weight excluding hydrogens is 284 g/mol. The van der Waals surface area contributed by atoms with Gasteiger partial charge in [-0.05, 0) is 31.5 Å². The first-order valence-corrected chi connectivity index (χ1v) is 7.60. The molecule has 21 heavy (non-hydrogen) atoms. The Morgan fingerprint density at radius 2 is 2.05 bits per heavy atom. The number of hydrogen-bond acceptors (Lipinski definition) is 2. The Balaban J connectivity index is 2.07. The zero-order valence-corrected chi connectivity index (χ0v) is 13.1. The third kappa shape index (κ3) is 2.29. The van der Waals surface area contributed by atoms with Gasteiger partial charge in [0, 0.05) is 23.8 Å². The van der Waals surface area contributed by atoms with Crippen LogP contribution in [0.2, 0.25) is 5.02 Å². The minimum Gasteiger partial charge on any atom is -0.398 e. The molecule has 0 bridgehead atoms. The fourth-order valence-corrected chi connectivity index (χ4v) is 3.04. The van der Waals surface area contributed by atoms with Gasteiger partial charge >= 0.3 is 0 Å². The van der Waals surface area contributed by atoms with Crippen molar-refractivity contribution in [3.8, 4) is 0 Å². The summed E-state index contributed by atoms with van der Waals surface area (Å²) in [6.45, 7) is 5.67. The maximum absolute atomic E-state index is 6.49. The summed E-state index contributed by atoms with van der Waals surface area (Å²) < 4.78 is 4.15. The number of nitrogens with two attached hydrogens (primary N) is 1. The number of fused-ring (bicyclic) bond motifs is 1. The summed E-state index contributed by atoms with van der Waals surface area (Å²) in [6, 6.07) is 8.02. The summed E-state index contributed by atoms with van der Waals surface area (Å²) in [5.41, 5.74) is 9.95. The van der Waals surface area contributed by atoms with Crippen molar-refractivity contribution in [3.63, 3.8) is 0 Å². The Morgan fingerprint density at radius 1 is 1.24 bits per heavy atom. The molecule has 0 radical (unpaired) electrons. The largest absolute Gasteiger partial charge is 0.398 e. The molecule has 2 aromatic heterocycles. The second kappa shape index (κ2) is 5.45. The first kappa shape index (κ1) is 14.0. The zero-order valence-electron chi connectivity index (χ0n) is 12.3. The number of nitrogen functional groups attached to an aromatic ring is 1. The van der Waals surface area contributed by atoms with Crippen LogP contribution in [-0.2, 0) is 19.5 Å². The van der Waals surface area contributed by atoms with Crippen LogP contribution in [0.1, 0.15) is 25.2 Å². The van der Waals surface area contributed by atoms with E-state index in [1.54, 1.807) is 0 Å². The lowest BCUT2D eigenvalue weighted by Gasteiger charge is -2.08. The Hall–Kier alpha value is -1.94. The maximum Gasteiger partial charge on any atom is 0.0868 e. The van der Waals surface area contributed by atoms with Gasteiger partial charge in [-0.2, -0.15) is 5.10 Å². The van der Waals surface area contributed by atoms with Crippen molar-refractivity contribution in [1.29, 1.82) is 0 Å². The van der Waals surface area contributed by atoms with Crippen LogP contribution in [0.15, 0.2) is 30.5 Å². The van der Waals surface area contributed by atoms with E-state index in [-0.39, 0.29) is 0 Å². The molecule has 0 fully saturated rings. The van der Waals surface area contributed by atoms with Gasteiger partial charge in [0.1, 0.15) is 0 Å². The molecule has 0 aliphatic rings. The lowest BCUT2D eigenvalue weighted by atomic mass is 10.2. The molecule has 0 spiro atoms. The second-order valence-electron chi connectivity index (χ2n) is 5.10. The highest BCUT2D eigenvalue weighted by molar-refractivity contribution is 6.31. The number of aryl methyl sites for hydroxylation is 2. The normalized spacial score (nSPS) is 11.4. The van der Waals surface area contributed by atoms with Crippen molar-refractivity contribution in [1.82, 2.24) is 14.3 Å². The minimum absolute atomic E-state index is 0.701. The molecule has 3 aromatic rings.